The Labute approximate surface area is 292 Å². The predicted molar refractivity (Wildman–Crippen MR) is 180 cm³/mol. The normalized spacial score (nSPS) is 17.5. The van der Waals surface area contributed by atoms with Crippen LogP contribution in [-0.4, -0.2) is 68.6 Å². The van der Waals surface area contributed by atoms with Gasteiger partial charge in [0.25, 0.3) is 5.91 Å². The fourth-order valence-corrected chi connectivity index (χ4v) is 6.06. The third kappa shape index (κ3) is 11.0. The molecule has 1 fully saturated rings. The number of alkyl halides is 6. The van der Waals surface area contributed by atoms with E-state index in [0.717, 1.165) is 41.1 Å². The van der Waals surface area contributed by atoms with Crippen molar-refractivity contribution in [3.05, 3.63) is 82.9 Å². The number of nitrogens with one attached hydrogen (secondary N) is 3. The van der Waals surface area contributed by atoms with Crippen LogP contribution in [0.15, 0.2) is 60.7 Å². The van der Waals surface area contributed by atoms with Gasteiger partial charge in [-0.2, -0.15) is 26.3 Å². The maximum atomic E-state index is 13.7. The van der Waals surface area contributed by atoms with Crippen molar-refractivity contribution in [2.75, 3.05) is 36.4 Å². The van der Waals surface area contributed by atoms with E-state index in [9.17, 15) is 44.7 Å². The summed E-state index contributed by atoms with van der Waals surface area (Å²) in [4.78, 5) is 18.1. The minimum Gasteiger partial charge on any atom is -0.491 e. The molecule has 1 heterocycles. The molecule has 3 aromatic rings. The van der Waals surface area contributed by atoms with Gasteiger partial charge >= 0.3 is 12.4 Å². The number of pyridine rings is 1. The van der Waals surface area contributed by atoms with E-state index >= 15 is 0 Å². The number of halogens is 6. The van der Waals surface area contributed by atoms with Crippen molar-refractivity contribution in [3.8, 4) is 5.75 Å². The van der Waals surface area contributed by atoms with Crippen molar-refractivity contribution >= 4 is 27.6 Å². The molecular weight excluding hydrogens is 704 g/mol. The number of rotatable bonds is 16. The second-order valence-corrected chi connectivity index (χ2v) is 15.3. The van der Waals surface area contributed by atoms with E-state index < -0.39 is 63.4 Å². The lowest BCUT2D eigenvalue weighted by Gasteiger charge is -2.26. The molecule has 4 atom stereocenters. The maximum absolute atomic E-state index is 13.7. The first kappa shape index (κ1) is 39.7. The summed E-state index contributed by atoms with van der Waals surface area (Å²) >= 11 is 0. The van der Waals surface area contributed by atoms with E-state index in [0.29, 0.717) is 18.4 Å². The number of nitrogens with zero attached hydrogens (tertiary/aromatic N) is 2. The molecule has 51 heavy (non-hydrogen) atoms. The minimum absolute atomic E-state index is 0.0367. The highest BCUT2D eigenvalue weighted by Gasteiger charge is 2.34. The number of aliphatic hydroxyl groups is 1. The van der Waals surface area contributed by atoms with Crippen LogP contribution in [0.4, 0.5) is 38.0 Å². The van der Waals surface area contributed by atoms with Crippen molar-refractivity contribution in [2.24, 2.45) is 11.8 Å². The molecule has 0 aliphatic heterocycles. The molecule has 0 saturated heterocycles. The van der Waals surface area contributed by atoms with E-state index in [1.807, 2.05) is 0 Å². The highest BCUT2D eigenvalue weighted by Crippen LogP contribution is 2.37. The van der Waals surface area contributed by atoms with Gasteiger partial charge in [-0.1, -0.05) is 31.2 Å². The molecule has 2 aromatic carbocycles. The van der Waals surface area contributed by atoms with Crippen LogP contribution in [0.1, 0.15) is 54.2 Å². The minimum atomic E-state index is -4.65. The highest BCUT2D eigenvalue weighted by molar-refractivity contribution is 7.93. The third-order valence-corrected chi connectivity index (χ3v) is 10.6. The smallest absolute Gasteiger partial charge is 0.416 e. The number of carbonyl (C=O) groups is 1. The van der Waals surface area contributed by atoms with Gasteiger partial charge in [0.1, 0.15) is 24.0 Å². The zero-order valence-electron chi connectivity index (χ0n) is 28.3. The molecule has 1 aliphatic rings. The van der Waals surface area contributed by atoms with Crippen LogP contribution >= 0.6 is 0 Å². The monoisotopic (exact) mass is 745 g/mol. The molecule has 10 nitrogen and oxygen atoms in total. The average molecular weight is 746 g/mol. The number of hydrogen-bond acceptors (Lipinski definition) is 8. The van der Waals surface area contributed by atoms with Crippen LogP contribution in [0.25, 0.3) is 0 Å². The van der Waals surface area contributed by atoms with Gasteiger partial charge in [0.2, 0.25) is 10.0 Å². The summed E-state index contributed by atoms with van der Waals surface area (Å²) in [5, 5.41) is 18.9. The second kappa shape index (κ2) is 16.1. The number of aromatic nitrogens is 1. The summed E-state index contributed by atoms with van der Waals surface area (Å²) in [6.07, 6.45) is -9.67. The summed E-state index contributed by atoms with van der Waals surface area (Å²) in [6.45, 7) is 4.73. The molecule has 4 unspecified atom stereocenters. The molecule has 4 N–H and O–H groups in total. The Bertz CT molecular complexity index is 1770. The molecule has 1 saturated carbocycles. The first-order valence-corrected chi connectivity index (χ1v) is 17.7. The Hall–Kier alpha value is -4.09. The van der Waals surface area contributed by atoms with Gasteiger partial charge in [-0.15, -0.1) is 0 Å². The molecule has 1 aromatic heterocycles. The number of benzene rings is 2. The Morgan fingerprint density at radius 1 is 1.02 bits per heavy atom. The van der Waals surface area contributed by atoms with Crippen LogP contribution < -0.4 is 25.0 Å². The van der Waals surface area contributed by atoms with Crippen LogP contribution in [-0.2, 0) is 28.9 Å². The summed E-state index contributed by atoms with van der Waals surface area (Å²) in [5.74, 6) is 0.0621. The number of aliphatic hydroxyl groups excluding tert-OH is 1. The van der Waals surface area contributed by atoms with E-state index in [2.05, 4.69) is 27.9 Å². The number of anilines is 2. The quantitative estimate of drug-likeness (QED) is 0.138. The SMILES string of the molecule is CC1CC1CNc1cc(C(=O)NC(COc2cccc(C(F)(F)F)c2)C(O)CNCc2cccc(C(F)(F)F)c2)cc(N(C)S(=O)(=O)C(C)C)n1. The first-order valence-electron chi connectivity index (χ1n) is 16.1. The van der Waals surface area contributed by atoms with Gasteiger partial charge in [-0.3, -0.25) is 9.10 Å². The molecule has 1 amide bonds. The van der Waals surface area contributed by atoms with Crippen LogP contribution in [0.2, 0.25) is 0 Å². The maximum Gasteiger partial charge on any atom is 0.416 e. The molecule has 1 aliphatic carbocycles. The molecular formula is C34H41F6N5O5S. The topological polar surface area (TPSA) is 133 Å². The van der Waals surface area contributed by atoms with E-state index in [1.54, 1.807) is 0 Å². The van der Waals surface area contributed by atoms with E-state index in [4.69, 9.17) is 4.74 Å². The number of ether oxygens (including phenoxy) is 1. The van der Waals surface area contributed by atoms with Gasteiger partial charge in [0.05, 0.1) is 28.5 Å². The van der Waals surface area contributed by atoms with Crippen molar-refractivity contribution in [1.82, 2.24) is 15.6 Å². The van der Waals surface area contributed by atoms with Crippen molar-refractivity contribution in [3.63, 3.8) is 0 Å². The third-order valence-electron chi connectivity index (χ3n) is 8.50. The number of amides is 1. The molecule has 0 radical (unpaired) electrons. The van der Waals surface area contributed by atoms with E-state index in [-0.39, 0.29) is 41.6 Å². The summed E-state index contributed by atoms with van der Waals surface area (Å²) in [5.41, 5.74) is -1.60. The Morgan fingerprint density at radius 2 is 1.65 bits per heavy atom. The zero-order chi connectivity index (χ0) is 37.7. The fourth-order valence-electron chi connectivity index (χ4n) is 5.08. The zero-order valence-corrected chi connectivity index (χ0v) is 29.2. The van der Waals surface area contributed by atoms with Gasteiger partial charge in [-0.05, 0) is 74.1 Å². The van der Waals surface area contributed by atoms with Crippen molar-refractivity contribution in [1.29, 1.82) is 0 Å². The Kier molecular flexibility index (Phi) is 12.5. The summed E-state index contributed by atoms with van der Waals surface area (Å²) in [6, 6.07) is 9.97. The Balaban J connectivity index is 1.57. The van der Waals surface area contributed by atoms with Crippen molar-refractivity contribution < 1.29 is 49.4 Å². The number of carbonyl (C=O) groups excluding carboxylic acids is 1. The summed E-state index contributed by atoms with van der Waals surface area (Å²) < 4.78 is 112. The van der Waals surface area contributed by atoms with Gasteiger partial charge in [-0.25, -0.2) is 13.4 Å². The standard InChI is InChI=1S/C34H41F6N5O5S/c1-20(2)51(48,49)45(4)31-14-23(13-30(44-31)42-17-24-11-21(24)3)32(47)43-28(19-50-27-10-6-9-26(15-27)34(38,39)40)29(46)18-41-16-22-7-5-8-25(12-22)33(35,36)37/h5-10,12-15,20-21,24,28-29,41,46H,11,16-19H2,1-4H3,(H,42,44)(H,43,47). The lowest BCUT2D eigenvalue weighted by molar-refractivity contribution is -0.138. The van der Waals surface area contributed by atoms with Crippen LogP contribution in [0.3, 0.4) is 0 Å². The lowest BCUT2D eigenvalue weighted by Crippen LogP contribution is -2.50. The van der Waals surface area contributed by atoms with Crippen molar-refractivity contribution in [2.45, 2.75) is 63.5 Å². The molecule has 280 valence electrons. The number of sulfonamides is 1. The lowest BCUT2D eigenvalue weighted by atomic mass is 10.1. The predicted octanol–water partition coefficient (Wildman–Crippen LogP) is 5.69. The first-order chi connectivity index (χ1) is 23.8. The van der Waals surface area contributed by atoms with Gasteiger partial charge < -0.3 is 25.8 Å². The van der Waals surface area contributed by atoms with Crippen LogP contribution in [0.5, 0.6) is 5.75 Å². The van der Waals surface area contributed by atoms with Gasteiger partial charge in [0, 0.05) is 32.2 Å². The largest absolute Gasteiger partial charge is 0.491 e. The molecule has 0 spiro atoms. The molecule has 4 rings (SSSR count). The fraction of sp³-hybridized carbons (Fsp3) is 0.471. The molecule has 17 heteroatoms. The Morgan fingerprint density at radius 3 is 2.25 bits per heavy atom. The van der Waals surface area contributed by atoms with E-state index in [1.165, 1.54) is 51.2 Å². The molecule has 0 bridgehead atoms. The van der Waals surface area contributed by atoms with Gasteiger partial charge in [0.15, 0.2) is 0 Å². The van der Waals surface area contributed by atoms with Crippen LogP contribution in [0, 0.1) is 11.8 Å². The summed E-state index contributed by atoms with van der Waals surface area (Å²) in [7, 11) is -2.55. The highest BCUT2D eigenvalue weighted by atomic mass is 32.2. The second-order valence-electron chi connectivity index (χ2n) is 12.8. The average Bonchev–Trinajstić information content (AvgIpc) is 3.78. The number of hydrogen-bond donors (Lipinski definition) is 4.